The summed E-state index contributed by atoms with van der Waals surface area (Å²) in [6.07, 6.45) is 2.28. The minimum atomic E-state index is 0. The van der Waals surface area contributed by atoms with Gasteiger partial charge in [0.05, 0.1) is 0 Å². The van der Waals surface area contributed by atoms with Crippen LogP contribution in [0.3, 0.4) is 0 Å². The van der Waals surface area contributed by atoms with Crippen molar-refractivity contribution in [3.05, 3.63) is 6.92 Å². The van der Waals surface area contributed by atoms with Gasteiger partial charge in [0.1, 0.15) is 0 Å². The Labute approximate surface area is 38.8 Å². The molecule has 0 fully saturated rings. The molecule has 0 aromatic carbocycles. The Kier molecular flexibility index (Phi) is 57.4. The van der Waals surface area contributed by atoms with Crippen LogP contribution < -0.4 is 0 Å². The predicted molar refractivity (Wildman–Crippen MR) is 27.5 cm³/mol. The van der Waals surface area contributed by atoms with E-state index < -0.39 is 0 Å². The molecule has 0 amide bonds. The largest absolute Gasteiger partial charge is 0.412 e. The van der Waals surface area contributed by atoms with Crippen LogP contribution >= 0.6 is 0 Å². The normalized spacial score (nSPS) is 5.00. The first-order valence-corrected chi connectivity index (χ1v) is 1.71. The Balaban J connectivity index is -0.0000000450. The zero-order valence-corrected chi connectivity index (χ0v) is 4.12. The zero-order chi connectivity index (χ0) is 3.41. The third-order valence-electron chi connectivity index (χ3n) is 0.354. The van der Waals surface area contributed by atoms with Crippen LogP contribution in [0.1, 0.15) is 19.8 Å². The molecule has 2 nitrogen and oxygen atoms in total. The Bertz CT molecular complexity index is 7.51. The third kappa shape index (κ3) is 39.5. The van der Waals surface area contributed by atoms with Gasteiger partial charge in [0.2, 0.25) is 0 Å². The Morgan fingerprint density at radius 1 is 1.33 bits per heavy atom. The summed E-state index contributed by atoms with van der Waals surface area (Å²) in [6, 6.07) is 0. The average molecular weight is 93.1 g/mol. The molecule has 41 valence electrons. The van der Waals surface area contributed by atoms with Crippen molar-refractivity contribution >= 4 is 0 Å². The second-order valence-electron chi connectivity index (χ2n) is 0.854. The summed E-state index contributed by atoms with van der Waals surface area (Å²) >= 11 is 0. The van der Waals surface area contributed by atoms with Gasteiger partial charge in [-0.1, -0.05) is 26.7 Å². The predicted octanol–water partition coefficient (Wildman–Crippen LogP) is -0.0288. The fraction of sp³-hybridized carbons (Fsp3) is 0.750. The van der Waals surface area contributed by atoms with Crippen LogP contribution in [0.4, 0.5) is 0 Å². The maximum atomic E-state index is 3.60. The molecular formula is C4H13O2. The molecule has 0 bridgehead atoms. The van der Waals surface area contributed by atoms with Crippen LogP contribution in [-0.4, -0.2) is 11.0 Å². The summed E-state index contributed by atoms with van der Waals surface area (Å²) in [7, 11) is 0. The molecule has 4 N–H and O–H groups in total. The van der Waals surface area contributed by atoms with E-state index in [1.54, 1.807) is 0 Å². The van der Waals surface area contributed by atoms with Gasteiger partial charge >= 0.3 is 0 Å². The van der Waals surface area contributed by atoms with Gasteiger partial charge < -0.3 is 11.0 Å². The van der Waals surface area contributed by atoms with Gasteiger partial charge in [-0.25, -0.2) is 0 Å². The number of rotatable bonds is 1. The van der Waals surface area contributed by atoms with E-state index in [0.29, 0.717) is 0 Å². The first-order valence-electron chi connectivity index (χ1n) is 1.71. The van der Waals surface area contributed by atoms with E-state index in [2.05, 4.69) is 13.8 Å². The Hall–Kier alpha value is -0.0800. The molecule has 0 aliphatic heterocycles. The SMILES string of the molecule is O.O.[CH2]CCC. The molecule has 0 spiro atoms. The van der Waals surface area contributed by atoms with Gasteiger partial charge in [-0.2, -0.15) is 0 Å². The molecule has 6 heavy (non-hydrogen) atoms. The molecule has 0 saturated carbocycles. The lowest BCUT2D eigenvalue weighted by atomic mass is 10.4. The van der Waals surface area contributed by atoms with E-state index in [-0.39, 0.29) is 11.0 Å². The monoisotopic (exact) mass is 93.1 g/mol. The lowest BCUT2D eigenvalue weighted by Crippen LogP contribution is -1.48. The van der Waals surface area contributed by atoms with Crippen LogP contribution in [0, 0.1) is 6.92 Å². The second kappa shape index (κ2) is 20.5. The van der Waals surface area contributed by atoms with E-state index >= 15 is 0 Å². The number of hydrogen-bond acceptors (Lipinski definition) is 0. The van der Waals surface area contributed by atoms with Gasteiger partial charge in [-0.15, -0.1) is 0 Å². The maximum Gasteiger partial charge on any atom is -0.0533 e. The first-order chi connectivity index (χ1) is 1.91. The van der Waals surface area contributed by atoms with E-state index in [4.69, 9.17) is 0 Å². The minimum Gasteiger partial charge on any atom is -0.412 e. The molecule has 1 radical (unpaired) electrons. The van der Waals surface area contributed by atoms with Crippen LogP contribution in [0.25, 0.3) is 0 Å². The highest BCUT2D eigenvalue weighted by Crippen LogP contribution is 1.75. The molecule has 0 saturated heterocycles. The average Bonchev–Trinajstić information content (AvgIpc) is 1.37. The molecule has 0 aliphatic carbocycles. The molecule has 0 unspecified atom stereocenters. The van der Waals surface area contributed by atoms with Crippen LogP contribution in [0.5, 0.6) is 0 Å². The summed E-state index contributed by atoms with van der Waals surface area (Å²) in [4.78, 5) is 0. The molecule has 0 aliphatic rings. The fourth-order valence-corrected chi connectivity index (χ4v) is 0. The van der Waals surface area contributed by atoms with Gasteiger partial charge in [0.25, 0.3) is 0 Å². The molecule has 0 heterocycles. The van der Waals surface area contributed by atoms with E-state index in [1.165, 1.54) is 6.42 Å². The standard InChI is InChI=1S/C4H9.2H2O/c1-3-4-2;;/h1,3-4H2,2H3;2*1H2. The molecule has 0 rings (SSSR count). The number of hydrogen-bond donors (Lipinski definition) is 0. The first kappa shape index (κ1) is 16.8. The van der Waals surface area contributed by atoms with Crippen LogP contribution in [0.15, 0.2) is 0 Å². The Morgan fingerprint density at radius 2 is 1.50 bits per heavy atom. The van der Waals surface area contributed by atoms with Crippen LogP contribution in [0.2, 0.25) is 0 Å². The second-order valence-corrected chi connectivity index (χ2v) is 0.854. The minimum absolute atomic E-state index is 0. The highest BCUT2D eigenvalue weighted by molar-refractivity contribution is 4.29. The van der Waals surface area contributed by atoms with Gasteiger partial charge in [-0.3, -0.25) is 0 Å². The molecule has 2 heteroatoms. The van der Waals surface area contributed by atoms with Crippen molar-refractivity contribution < 1.29 is 11.0 Å². The molecular weight excluding hydrogens is 80.0 g/mol. The summed E-state index contributed by atoms with van der Waals surface area (Å²) in [5.41, 5.74) is 0. The van der Waals surface area contributed by atoms with Gasteiger partial charge in [-0.05, 0) is 0 Å². The van der Waals surface area contributed by atoms with Gasteiger partial charge in [0.15, 0.2) is 0 Å². The highest BCUT2D eigenvalue weighted by Gasteiger charge is 1.56. The van der Waals surface area contributed by atoms with Crippen molar-refractivity contribution in [2.45, 2.75) is 19.8 Å². The topological polar surface area (TPSA) is 63.0 Å². The lowest BCUT2D eigenvalue weighted by molar-refractivity contribution is 0.823. The van der Waals surface area contributed by atoms with Crippen molar-refractivity contribution in [2.24, 2.45) is 0 Å². The van der Waals surface area contributed by atoms with Crippen LogP contribution in [-0.2, 0) is 0 Å². The van der Waals surface area contributed by atoms with Crippen molar-refractivity contribution in [3.8, 4) is 0 Å². The van der Waals surface area contributed by atoms with E-state index in [0.717, 1.165) is 6.42 Å². The highest BCUT2D eigenvalue weighted by atomic mass is 16.0. The van der Waals surface area contributed by atoms with Gasteiger partial charge in [0, 0.05) is 0 Å². The van der Waals surface area contributed by atoms with Crippen molar-refractivity contribution in [3.63, 3.8) is 0 Å². The Morgan fingerprint density at radius 3 is 1.50 bits per heavy atom. The van der Waals surface area contributed by atoms with Crippen molar-refractivity contribution in [1.29, 1.82) is 0 Å². The fourth-order valence-electron chi connectivity index (χ4n) is 0. The molecule has 0 aromatic rings. The van der Waals surface area contributed by atoms with E-state index in [1.807, 2.05) is 0 Å². The molecule has 0 atom stereocenters. The summed E-state index contributed by atoms with van der Waals surface area (Å²) in [6.45, 7) is 5.72. The zero-order valence-electron chi connectivity index (χ0n) is 4.12. The van der Waals surface area contributed by atoms with Crippen molar-refractivity contribution in [1.82, 2.24) is 0 Å². The number of unbranched alkanes of at least 4 members (excludes halogenated alkanes) is 1. The lowest BCUT2D eigenvalue weighted by Gasteiger charge is -1.67. The quantitative estimate of drug-likeness (QED) is 0.437. The third-order valence-corrected chi connectivity index (χ3v) is 0.354. The summed E-state index contributed by atoms with van der Waals surface area (Å²) in [5.74, 6) is 0. The molecule has 0 aromatic heterocycles. The smallest absolute Gasteiger partial charge is 0.0533 e. The van der Waals surface area contributed by atoms with Crippen molar-refractivity contribution in [2.75, 3.05) is 0 Å². The summed E-state index contributed by atoms with van der Waals surface area (Å²) in [5, 5.41) is 0. The van der Waals surface area contributed by atoms with E-state index in [9.17, 15) is 0 Å². The summed E-state index contributed by atoms with van der Waals surface area (Å²) < 4.78 is 0. The maximum absolute atomic E-state index is 3.60.